The van der Waals surface area contributed by atoms with Crippen molar-refractivity contribution in [2.24, 2.45) is 5.92 Å². The van der Waals surface area contributed by atoms with Gasteiger partial charge in [-0.3, -0.25) is 14.5 Å². The van der Waals surface area contributed by atoms with Crippen molar-refractivity contribution in [3.8, 4) is 16.9 Å². The number of aromatic amines is 1. The predicted molar refractivity (Wildman–Crippen MR) is 126 cm³/mol. The van der Waals surface area contributed by atoms with Gasteiger partial charge < -0.3 is 4.74 Å². The van der Waals surface area contributed by atoms with Gasteiger partial charge >= 0.3 is 0 Å². The molecule has 4 aromatic rings. The molecule has 3 heterocycles. The molecule has 1 atom stereocenters. The van der Waals surface area contributed by atoms with E-state index in [9.17, 15) is 13.2 Å². The topological polar surface area (TPSA) is 107 Å². The Kier molecular flexibility index (Phi) is 5.49. The van der Waals surface area contributed by atoms with E-state index >= 15 is 0 Å². The summed E-state index contributed by atoms with van der Waals surface area (Å²) in [6, 6.07) is 12.8. The summed E-state index contributed by atoms with van der Waals surface area (Å²) >= 11 is 0. The summed E-state index contributed by atoms with van der Waals surface area (Å²) in [6.07, 6.45) is 6.04. The van der Waals surface area contributed by atoms with Gasteiger partial charge in [0, 0.05) is 11.8 Å². The van der Waals surface area contributed by atoms with Crippen molar-refractivity contribution in [1.29, 1.82) is 0 Å². The van der Waals surface area contributed by atoms with E-state index in [0.717, 1.165) is 16.7 Å². The van der Waals surface area contributed by atoms with Crippen LogP contribution >= 0.6 is 0 Å². The lowest BCUT2D eigenvalue weighted by molar-refractivity contribution is 0.337. The van der Waals surface area contributed by atoms with E-state index in [1.54, 1.807) is 30.4 Å². The number of nitrogens with one attached hydrogen (secondary N) is 1. The van der Waals surface area contributed by atoms with Crippen LogP contribution in [0.2, 0.25) is 0 Å². The van der Waals surface area contributed by atoms with Crippen molar-refractivity contribution >= 4 is 20.7 Å². The second kappa shape index (κ2) is 8.47. The summed E-state index contributed by atoms with van der Waals surface area (Å²) in [6.45, 7) is 0. The molecule has 9 heteroatoms. The maximum Gasteiger partial charge on any atom is 0.261 e. The standard InChI is InChI=1S/C24H24N4O4S/c1-32-20-4-2-3-18(11-20)23(16-7-9-33(30,31)10-8-16)28-15-25-22-6-5-17(12-21(22)24(28)29)19-13-26-27-14-19/h2-6,11-16,23H,7-10H2,1H3,(H,26,27). The second-order valence-electron chi connectivity index (χ2n) is 8.39. The van der Waals surface area contributed by atoms with Gasteiger partial charge in [0.05, 0.1) is 48.1 Å². The summed E-state index contributed by atoms with van der Waals surface area (Å²) in [7, 11) is -1.44. The van der Waals surface area contributed by atoms with Gasteiger partial charge in [-0.25, -0.2) is 13.4 Å². The fraction of sp³-hybridized carbons (Fsp3) is 0.292. The molecule has 2 aromatic carbocycles. The van der Waals surface area contributed by atoms with Crippen LogP contribution < -0.4 is 10.3 Å². The van der Waals surface area contributed by atoms with E-state index in [4.69, 9.17) is 4.74 Å². The van der Waals surface area contributed by atoms with E-state index in [-0.39, 0.29) is 29.0 Å². The van der Waals surface area contributed by atoms with Crippen LogP contribution in [-0.4, -0.2) is 46.8 Å². The number of benzene rings is 2. The zero-order valence-corrected chi connectivity index (χ0v) is 19.0. The minimum Gasteiger partial charge on any atom is -0.497 e. The van der Waals surface area contributed by atoms with Gasteiger partial charge in [0.15, 0.2) is 0 Å². The van der Waals surface area contributed by atoms with Gasteiger partial charge in [-0.15, -0.1) is 0 Å². The van der Waals surface area contributed by atoms with Crippen LogP contribution in [0.5, 0.6) is 5.75 Å². The molecule has 1 unspecified atom stereocenters. The highest BCUT2D eigenvalue weighted by molar-refractivity contribution is 7.91. The number of H-pyrrole nitrogens is 1. The van der Waals surface area contributed by atoms with Crippen LogP contribution in [0.15, 0.2) is 66.0 Å². The highest BCUT2D eigenvalue weighted by atomic mass is 32.2. The van der Waals surface area contributed by atoms with Crippen LogP contribution in [-0.2, 0) is 9.84 Å². The number of sulfone groups is 1. The van der Waals surface area contributed by atoms with Crippen LogP contribution in [0, 0.1) is 5.92 Å². The molecule has 0 amide bonds. The Bertz CT molecular complexity index is 1450. The van der Waals surface area contributed by atoms with Crippen molar-refractivity contribution in [2.75, 3.05) is 18.6 Å². The van der Waals surface area contributed by atoms with Crippen molar-refractivity contribution in [1.82, 2.24) is 19.7 Å². The summed E-state index contributed by atoms with van der Waals surface area (Å²) in [5.74, 6) is 0.913. The Balaban J connectivity index is 1.65. The molecular formula is C24H24N4O4S. The molecule has 170 valence electrons. The summed E-state index contributed by atoms with van der Waals surface area (Å²) in [5, 5.41) is 7.29. The molecule has 0 bridgehead atoms. The Labute approximate surface area is 191 Å². The van der Waals surface area contributed by atoms with Gasteiger partial charge in [-0.2, -0.15) is 5.10 Å². The van der Waals surface area contributed by atoms with E-state index in [0.29, 0.717) is 29.5 Å². The van der Waals surface area contributed by atoms with E-state index in [1.165, 1.54) is 0 Å². The lowest BCUT2D eigenvalue weighted by Crippen LogP contribution is -2.35. The zero-order valence-electron chi connectivity index (χ0n) is 18.1. The zero-order chi connectivity index (χ0) is 23.0. The fourth-order valence-electron chi connectivity index (χ4n) is 4.63. The molecule has 5 rings (SSSR count). The number of aromatic nitrogens is 4. The number of fused-ring (bicyclic) bond motifs is 1. The van der Waals surface area contributed by atoms with Crippen molar-refractivity contribution < 1.29 is 13.2 Å². The maximum atomic E-state index is 13.7. The Morgan fingerprint density at radius 3 is 2.67 bits per heavy atom. The van der Waals surface area contributed by atoms with Gasteiger partial charge in [-0.1, -0.05) is 18.2 Å². The fourth-order valence-corrected chi connectivity index (χ4v) is 6.16. The molecule has 8 nitrogen and oxygen atoms in total. The van der Waals surface area contributed by atoms with Crippen molar-refractivity contribution in [2.45, 2.75) is 18.9 Å². The minimum atomic E-state index is -3.04. The molecule has 1 aliphatic rings. The number of hydrogen-bond acceptors (Lipinski definition) is 6. The number of methoxy groups -OCH3 is 1. The normalized spacial score (nSPS) is 17.1. The van der Waals surface area contributed by atoms with Crippen LogP contribution in [0.1, 0.15) is 24.4 Å². The molecule has 0 saturated carbocycles. The minimum absolute atomic E-state index is 0.0189. The van der Waals surface area contributed by atoms with Crippen LogP contribution in [0.3, 0.4) is 0 Å². The third-order valence-corrected chi connectivity index (χ3v) is 8.11. The average molecular weight is 465 g/mol. The number of nitrogens with zero attached hydrogens (tertiary/aromatic N) is 3. The van der Waals surface area contributed by atoms with Gasteiger partial charge in [0.2, 0.25) is 0 Å². The van der Waals surface area contributed by atoms with Crippen molar-refractivity contribution in [3.63, 3.8) is 0 Å². The SMILES string of the molecule is COc1cccc(C(C2CCS(=O)(=O)CC2)n2cnc3ccc(-c4cn[nH]c4)cc3c2=O)c1. The highest BCUT2D eigenvalue weighted by Gasteiger charge is 2.32. The Morgan fingerprint density at radius 2 is 1.94 bits per heavy atom. The lowest BCUT2D eigenvalue weighted by atomic mass is 9.88. The molecule has 1 N–H and O–H groups in total. The van der Waals surface area contributed by atoms with Gasteiger partial charge in [-0.05, 0) is 54.2 Å². The quantitative estimate of drug-likeness (QED) is 0.486. The first kappa shape index (κ1) is 21.4. The number of rotatable bonds is 5. The Morgan fingerprint density at radius 1 is 1.12 bits per heavy atom. The van der Waals surface area contributed by atoms with Gasteiger partial charge in [0.25, 0.3) is 5.56 Å². The predicted octanol–water partition coefficient (Wildman–Crippen LogP) is 3.21. The van der Waals surface area contributed by atoms with Crippen LogP contribution in [0.4, 0.5) is 0 Å². The third kappa shape index (κ3) is 4.16. The first-order valence-corrected chi connectivity index (χ1v) is 12.6. The van der Waals surface area contributed by atoms with Crippen molar-refractivity contribution in [3.05, 3.63) is 77.1 Å². The highest BCUT2D eigenvalue weighted by Crippen LogP contribution is 2.35. The second-order valence-corrected chi connectivity index (χ2v) is 10.7. The molecule has 1 aliphatic heterocycles. The summed E-state index contributed by atoms with van der Waals surface area (Å²) in [4.78, 5) is 18.3. The van der Waals surface area contributed by atoms with Gasteiger partial charge in [0.1, 0.15) is 15.6 Å². The molecule has 1 fully saturated rings. The molecule has 33 heavy (non-hydrogen) atoms. The first-order valence-electron chi connectivity index (χ1n) is 10.8. The van der Waals surface area contributed by atoms with E-state index < -0.39 is 9.84 Å². The number of ether oxygens (including phenoxy) is 1. The smallest absolute Gasteiger partial charge is 0.261 e. The van der Waals surface area contributed by atoms with E-state index in [2.05, 4.69) is 15.2 Å². The summed E-state index contributed by atoms with van der Waals surface area (Å²) < 4.78 is 31.2. The molecule has 0 radical (unpaired) electrons. The summed E-state index contributed by atoms with van der Waals surface area (Å²) in [5.41, 5.74) is 3.10. The molecule has 1 saturated heterocycles. The Hall–Kier alpha value is -3.46. The largest absolute Gasteiger partial charge is 0.497 e. The molecule has 0 spiro atoms. The van der Waals surface area contributed by atoms with Crippen LogP contribution in [0.25, 0.3) is 22.0 Å². The molecule has 0 aliphatic carbocycles. The average Bonchev–Trinajstić information content (AvgIpc) is 3.37. The van der Waals surface area contributed by atoms with E-state index in [1.807, 2.05) is 42.5 Å². The maximum absolute atomic E-state index is 13.7. The molecular weight excluding hydrogens is 440 g/mol. The lowest BCUT2D eigenvalue weighted by Gasteiger charge is -2.32. The molecule has 2 aromatic heterocycles. The first-order chi connectivity index (χ1) is 15.9. The monoisotopic (exact) mass is 464 g/mol. The third-order valence-electron chi connectivity index (χ3n) is 6.40. The number of hydrogen-bond donors (Lipinski definition) is 1.